The number of nitrogens with one attached hydrogen (secondary N) is 2. The van der Waals surface area contributed by atoms with Crippen molar-refractivity contribution < 1.29 is 12.8 Å². The smallest absolute Gasteiger partial charge is 0.243 e. The summed E-state index contributed by atoms with van der Waals surface area (Å²) in [4.78, 5) is 4.51. The minimum atomic E-state index is -3.51. The molecule has 164 valence electrons. The average Bonchev–Trinajstić information content (AvgIpc) is 2.76. The molecule has 9 heteroatoms. The fourth-order valence-electron chi connectivity index (χ4n) is 3.33. The maximum absolute atomic E-state index is 13.1. The first-order chi connectivity index (χ1) is 14.0. The molecule has 0 amide bonds. The molecule has 1 aliphatic heterocycles. The van der Waals surface area contributed by atoms with Crippen molar-refractivity contribution in [1.29, 1.82) is 0 Å². The van der Waals surface area contributed by atoms with E-state index in [0.717, 1.165) is 24.8 Å². The average molecular weight is 546 g/mol. The van der Waals surface area contributed by atoms with Crippen molar-refractivity contribution >= 4 is 40.0 Å². The number of hydrogen-bond acceptors (Lipinski definition) is 3. The van der Waals surface area contributed by atoms with Crippen LogP contribution in [0.25, 0.3) is 0 Å². The van der Waals surface area contributed by atoms with Crippen molar-refractivity contribution in [1.82, 2.24) is 14.9 Å². The van der Waals surface area contributed by atoms with Gasteiger partial charge in [-0.1, -0.05) is 36.8 Å². The van der Waals surface area contributed by atoms with E-state index in [1.54, 1.807) is 35.6 Å². The van der Waals surface area contributed by atoms with Gasteiger partial charge in [0.25, 0.3) is 0 Å². The maximum atomic E-state index is 13.1. The molecule has 0 spiro atoms. The Labute approximate surface area is 195 Å². The Morgan fingerprint density at radius 1 is 1.00 bits per heavy atom. The number of rotatable bonds is 6. The van der Waals surface area contributed by atoms with Gasteiger partial charge in [-0.15, -0.1) is 24.0 Å². The molecule has 0 aliphatic carbocycles. The highest BCUT2D eigenvalue weighted by Crippen LogP contribution is 2.23. The third-order valence-corrected chi connectivity index (χ3v) is 6.95. The van der Waals surface area contributed by atoms with E-state index in [0.29, 0.717) is 42.6 Å². The van der Waals surface area contributed by atoms with E-state index in [1.807, 2.05) is 12.1 Å². The summed E-state index contributed by atoms with van der Waals surface area (Å²) in [6.07, 6.45) is 2.88. The van der Waals surface area contributed by atoms with Gasteiger partial charge in [0.2, 0.25) is 10.0 Å². The van der Waals surface area contributed by atoms with E-state index in [4.69, 9.17) is 0 Å². The lowest BCUT2D eigenvalue weighted by Gasteiger charge is -2.27. The molecular weight excluding hydrogens is 518 g/mol. The highest BCUT2D eigenvalue weighted by molar-refractivity contribution is 14.0. The van der Waals surface area contributed by atoms with Gasteiger partial charge >= 0.3 is 0 Å². The van der Waals surface area contributed by atoms with Gasteiger partial charge in [0.05, 0.1) is 4.90 Å². The molecule has 1 aliphatic rings. The zero-order valence-electron chi connectivity index (χ0n) is 17.0. The van der Waals surface area contributed by atoms with E-state index in [2.05, 4.69) is 15.6 Å². The Morgan fingerprint density at radius 3 is 2.30 bits per heavy atom. The number of benzene rings is 2. The number of piperidine rings is 1. The van der Waals surface area contributed by atoms with E-state index in [9.17, 15) is 12.8 Å². The Morgan fingerprint density at radius 2 is 1.63 bits per heavy atom. The summed E-state index contributed by atoms with van der Waals surface area (Å²) in [5.41, 5.74) is 1.62. The van der Waals surface area contributed by atoms with Crippen LogP contribution in [0.15, 0.2) is 58.4 Å². The molecule has 1 saturated heterocycles. The predicted octanol–water partition coefficient (Wildman–Crippen LogP) is 3.48. The van der Waals surface area contributed by atoms with Gasteiger partial charge in [0.15, 0.2) is 5.96 Å². The minimum Gasteiger partial charge on any atom is -0.352 e. The van der Waals surface area contributed by atoms with Crippen molar-refractivity contribution in [2.75, 3.05) is 20.1 Å². The van der Waals surface area contributed by atoms with Crippen LogP contribution in [0.2, 0.25) is 0 Å². The molecule has 2 aromatic carbocycles. The number of sulfonamides is 1. The van der Waals surface area contributed by atoms with E-state index >= 15 is 0 Å². The molecule has 1 fully saturated rings. The second kappa shape index (κ2) is 11.6. The van der Waals surface area contributed by atoms with Gasteiger partial charge in [0.1, 0.15) is 5.82 Å². The maximum Gasteiger partial charge on any atom is 0.243 e. The number of nitrogens with zero attached hydrogens (tertiary/aromatic N) is 2. The summed E-state index contributed by atoms with van der Waals surface area (Å²) in [5.74, 6) is 0.266. The fraction of sp³-hybridized carbons (Fsp3) is 0.381. The van der Waals surface area contributed by atoms with Crippen LogP contribution in [0.4, 0.5) is 4.39 Å². The van der Waals surface area contributed by atoms with Gasteiger partial charge in [-0.3, -0.25) is 4.99 Å². The zero-order valence-corrected chi connectivity index (χ0v) is 20.1. The highest BCUT2D eigenvalue weighted by atomic mass is 127. The lowest BCUT2D eigenvalue weighted by Crippen LogP contribution is -2.38. The van der Waals surface area contributed by atoms with Gasteiger partial charge in [-0.25, -0.2) is 12.8 Å². The van der Waals surface area contributed by atoms with Crippen molar-refractivity contribution in [3.8, 4) is 0 Å². The lowest BCUT2D eigenvalue weighted by molar-refractivity contribution is 0.346. The van der Waals surface area contributed by atoms with Crippen LogP contribution in [0, 0.1) is 5.82 Å². The molecule has 0 bridgehead atoms. The summed E-state index contributed by atoms with van der Waals surface area (Å²) in [7, 11) is -1.86. The third kappa shape index (κ3) is 6.39. The van der Waals surface area contributed by atoms with Gasteiger partial charge in [-0.2, -0.15) is 4.31 Å². The molecule has 3 rings (SSSR count). The molecule has 0 unspecified atom stereocenters. The Bertz CT molecular complexity index is 946. The Balaban J connectivity index is 0.00000320. The van der Waals surface area contributed by atoms with Crippen LogP contribution >= 0.6 is 24.0 Å². The molecule has 0 aromatic heterocycles. The van der Waals surface area contributed by atoms with Crippen LogP contribution < -0.4 is 10.6 Å². The van der Waals surface area contributed by atoms with Gasteiger partial charge in [0, 0.05) is 33.2 Å². The van der Waals surface area contributed by atoms with E-state index in [-0.39, 0.29) is 29.8 Å². The van der Waals surface area contributed by atoms with Crippen molar-refractivity contribution in [2.45, 2.75) is 37.2 Å². The molecular formula is C21H28FIN4O2S. The number of guanidine groups is 1. The molecule has 6 nitrogen and oxygen atoms in total. The second-order valence-electron chi connectivity index (χ2n) is 6.98. The predicted molar refractivity (Wildman–Crippen MR) is 128 cm³/mol. The molecule has 1 heterocycles. The second-order valence-corrected chi connectivity index (χ2v) is 8.88. The summed E-state index contributed by atoms with van der Waals surface area (Å²) in [5, 5.41) is 6.32. The van der Waals surface area contributed by atoms with Gasteiger partial charge < -0.3 is 10.6 Å². The largest absolute Gasteiger partial charge is 0.352 e. The van der Waals surface area contributed by atoms with Crippen LogP contribution in [-0.2, 0) is 23.1 Å². The monoisotopic (exact) mass is 546 g/mol. The number of halogens is 2. The van der Waals surface area contributed by atoms with Crippen molar-refractivity contribution in [3.05, 3.63) is 65.5 Å². The molecule has 2 N–H and O–H groups in total. The van der Waals surface area contributed by atoms with E-state index < -0.39 is 10.0 Å². The highest BCUT2D eigenvalue weighted by Gasteiger charge is 2.27. The first-order valence-electron chi connectivity index (χ1n) is 9.78. The standard InChI is InChI=1S/C21H27FN4O2S.HI/c1-23-21(24-15-17-9-11-19(22)12-10-17)25-16-18-7-3-4-8-20(18)29(27,28)26-13-5-2-6-14-26;/h3-4,7-12H,2,5-6,13-16H2,1H3,(H2,23,24,25);1H. The molecule has 30 heavy (non-hydrogen) atoms. The normalized spacial score (nSPS) is 15.3. The van der Waals surface area contributed by atoms with Crippen LogP contribution in [0.3, 0.4) is 0 Å². The lowest BCUT2D eigenvalue weighted by atomic mass is 10.2. The topological polar surface area (TPSA) is 73.8 Å². The van der Waals surface area contributed by atoms with Crippen molar-refractivity contribution in [2.24, 2.45) is 4.99 Å². The first kappa shape index (κ1) is 24.5. The molecule has 0 atom stereocenters. The van der Waals surface area contributed by atoms with Crippen LogP contribution in [-0.4, -0.2) is 38.8 Å². The minimum absolute atomic E-state index is 0. The van der Waals surface area contributed by atoms with Crippen LogP contribution in [0.5, 0.6) is 0 Å². The zero-order chi connectivity index (χ0) is 20.7. The van der Waals surface area contributed by atoms with Gasteiger partial charge in [-0.05, 0) is 42.2 Å². The summed E-state index contributed by atoms with van der Waals surface area (Å²) < 4.78 is 40.8. The molecule has 0 radical (unpaired) electrons. The summed E-state index contributed by atoms with van der Waals surface area (Å²) in [6.45, 7) is 1.95. The summed E-state index contributed by atoms with van der Waals surface area (Å²) >= 11 is 0. The Kier molecular flexibility index (Phi) is 9.50. The quantitative estimate of drug-likeness (QED) is 0.331. The number of hydrogen-bond donors (Lipinski definition) is 2. The third-order valence-electron chi connectivity index (χ3n) is 4.95. The van der Waals surface area contributed by atoms with Crippen molar-refractivity contribution in [3.63, 3.8) is 0 Å². The van der Waals surface area contributed by atoms with Crippen LogP contribution in [0.1, 0.15) is 30.4 Å². The Hall–Kier alpha value is -1.72. The number of aliphatic imine (C=N–C) groups is 1. The SMILES string of the molecule is CN=C(NCc1ccc(F)cc1)NCc1ccccc1S(=O)(=O)N1CCCCC1.I. The first-order valence-corrected chi connectivity index (χ1v) is 11.2. The van der Waals surface area contributed by atoms with E-state index in [1.165, 1.54) is 12.1 Å². The summed E-state index contributed by atoms with van der Waals surface area (Å²) in [6, 6.07) is 13.3. The molecule has 2 aromatic rings. The fourth-order valence-corrected chi connectivity index (χ4v) is 5.07. The molecule has 0 saturated carbocycles.